The molecule has 15 heteroatoms. The van der Waals surface area contributed by atoms with Gasteiger partial charge in [-0.3, -0.25) is 24.8 Å². The number of carbonyl (C=O) groups excluding carboxylic acids is 2. The first-order chi connectivity index (χ1) is 26.8. The van der Waals surface area contributed by atoms with Crippen LogP contribution in [0.1, 0.15) is 49.7 Å². The molecular weight excluding hydrogens is 715 g/mol. The first-order valence-corrected chi connectivity index (χ1v) is 19.9. The second-order valence-corrected chi connectivity index (χ2v) is 16.4. The Morgan fingerprint density at radius 3 is 2.49 bits per heavy atom. The Bertz CT molecular complexity index is 2260. The maximum atomic E-state index is 12.3. The van der Waals surface area contributed by atoms with Gasteiger partial charge in [-0.05, 0) is 74.1 Å². The highest BCUT2D eigenvalue weighted by Gasteiger charge is 2.35. The van der Waals surface area contributed by atoms with Gasteiger partial charge in [-0.15, -0.1) is 10.2 Å². The number of aromatic nitrogens is 5. The summed E-state index contributed by atoms with van der Waals surface area (Å²) in [6, 6.07) is 18.3. The maximum Gasteiger partial charge on any atom is 0.234 e. The molecule has 4 fully saturated rings. The summed E-state index contributed by atoms with van der Waals surface area (Å²) in [5.41, 5.74) is 6.75. The van der Waals surface area contributed by atoms with Gasteiger partial charge in [-0.1, -0.05) is 23.5 Å². The van der Waals surface area contributed by atoms with E-state index in [0.29, 0.717) is 37.5 Å². The summed E-state index contributed by atoms with van der Waals surface area (Å²) in [5, 5.41) is 31.0. The summed E-state index contributed by atoms with van der Waals surface area (Å²) in [5.74, 6) is 0.0556. The van der Waals surface area contributed by atoms with Crippen LogP contribution >= 0.6 is 11.3 Å². The van der Waals surface area contributed by atoms with Crippen molar-refractivity contribution in [2.24, 2.45) is 5.92 Å². The zero-order valence-corrected chi connectivity index (χ0v) is 31.6. The van der Waals surface area contributed by atoms with E-state index in [1.807, 2.05) is 42.6 Å². The van der Waals surface area contributed by atoms with Crippen molar-refractivity contribution in [3.63, 3.8) is 0 Å². The minimum absolute atomic E-state index is 0.179. The molecule has 4 aliphatic heterocycles. The van der Waals surface area contributed by atoms with E-state index >= 15 is 0 Å². The zero-order valence-electron chi connectivity index (χ0n) is 30.8. The van der Waals surface area contributed by atoms with Gasteiger partial charge in [0.05, 0.1) is 58.9 Å². The number of piperidine rings is 2. The summed E-state index contributed by atoms with van der Waals surface area (Å²) >= 11 is 1.60. The molecule has 9 rings (SSSR count). The fourth-order valence-corrected chi connectivity index (χ4v) is 9.09. The minimum atomic E-state index is -0.245. The van der Waals surface area contributed by atoms with Crippen LogP contribution in [0.4, 0.5) is 16.5 Å². The molecule has 2 amide bonds. The Morgan fingerprint density at radius 1 is 0.964 bits per heavy atom. The van der Waals surface area contributed by atoms with E-state index in [-0.39, 0.29) is 23.3 Å². The van der Waals surface area contributed by atoms with Crippen LogP contribution < -0.4 is 20.4 Å². The molecule has 8 heterocycles. The van der Waals surface area contributed by atoms with Gasteiger partial charge < -0.3 is 19.9 Å². The van der Waals surface area contributed by atoms with Crippen LogP contribution in [0.5, 0.6) is 0 Å². The Morgan fingerprint density at radius 2 is 1.76 bits per heavy atom. The maximum absolute atomic E-state index is 12.3. The number of ether oxygens (including phenoxy) is 1. The topological polar surface area (TPSA) is 157 Å². The van der Waals surface area contributed by atoms with E-state index in [4.69, 9.17) is 9.72 Å². The molecule has 4 saturated heterocycles. The Kier molecular flexibility index (Phi) is 9.41. The third kappa shape index (κ3) is 7.25. The smallest absolute Gasteiger partial charge is 0.234 e. The summed E-state index contributed by atoms with van der Waals surface area (Å²) in [7, 11) is 0. The Balaban J connectivity index is 0.808. The molecule has 1 atom stereocenters. The van der Waals surface area contributed by atoms with Crippen molar-refractivity contribution in [3.8, 4) is 28.0 Å². The highest BCUT2D eigenvalue weighted by atomic mass is 32.1. The number of rotatable bonds is 9. The van der Waals surface area contributed by atoms with Gasteiger partial charge in [0.2, 0.25) is 16.9 Å². The predicted molar refractivity (Wildman–Crippen MR) is 210 cm³/mol. The first-order valence-electron chi connectivity index (χ1n) is 19.0. The van der Waals surface area contributed by atoms with Crippen molar-refractivity contribution in [2.75, 3.05) is 74.1 Å². The number of benzene rings is 1. The van der Waals surface area contributed by atoms with Crippen LogP contribution in [-0.4, -0.2) is 106 Å². The molecule has 0 spiro atoms. The largest absolute Gasteiger partial charge is 0.376 e. The number of carbonyl (C=O) groups is 2. The average molecular weight is 758 g/mol. The molecule has 5 aromatic rings. The average Bonchev–Trinajstić information content (AvgIpc) is 3.86. The van der Waals surface area contributed by atoms with E-state index in [2.05, 4.69) is 65.8 Å². The molecule has 0 radical (unpaired) electrons. The highest BCUT2D eigenvalue weighted by Crippen LogP contribution is 2.38. The summed E-state index contributed by atoms with van der Waals surface area (Å²) in [6.45, 7) is 10.3. The Labute approximate surface area is 323 Å². The third-order valence-corrected chi connectivity index (χ3v) is 12.4. The quantitative estimate of drug-likeness (QED) is 0.203. The molecule has 0 aliphatic carbocycles. The summed E-state index contributed by atoms with van der Waals surface area (Å²) < 4.78 is 7.36. The Hall–Kier alpha value is -5.43. The van der Waals surface area contributed by atoms with Gasteiger partial charge >= 0.3 is 0 Å². The minimum Gasteiger partial charge on any atom is -0.376 e. The molecule has 2 N–H and O–H groups in total. The molecule has 1 unspecified atom stereocenters. The number of pyridine rings is 1. The van der Waals surface area contributed by atoms with Gasteiger partial charge in [-0.2, -0.15) is 10.4 Å². The van der Waals surface area contributed by atoms with Gasteiger partial charge in [-0.25, -0.2) is 4.52 Å². The number of amides is 2. The van der Waals surface area contributed by atoms with Gasteiger partial charge in [0, 0.05) is 69.8 Å². The van der Waals surface area contributed by atoms with Crippen LogP contribution in [0.2, 0.25) is 0 Å². The molecule has 1 aromatic carbocycles. The summed E-state index contributed by atoms with van der Waals surface area (Å²) in [4.78, 5) is 36.1. The third-order valence-electron chi connectivity index (χ3n) is 11.4. The number of nitrogens with zero attached hydrogens (tertiary/aromatic N) is 9. The fourth-order valence-electron chi connectivity index (χ4n) is 8.17. The van der Waals surface area contributed by atoms with Crippen molar-refractivity contribution < 1.29 is 14.3 Å². The van der Waals surface area contributed by atoms with Crippen molar-refractivity contribution in [1.82, 2.24) is 35.0 Å². The molecule has 55 heavy (non-hydrogen) atoms. The van der Waals surface area contributed by atoms with Gasteiger partial charge in [0.1, 0.15) is 6.07 Å². The predicted octanol–water partition coefficient (Wildman–Crippen LogP) is 4.55. The van der Waals surface area contributed by atoms with Crippen molar-refractivity contribution in [2.45, 2.75) is 44.1 Å². The zero-order chi connectivity index (χ0) is 37.5. The van der Waals surface area contributed by atoms with Crippen LogP contribution in [-0.2, 0) is 14.3 Å². The fraction of sp³-hybridized carbons (Fsp3) is 0.425. The SMILES string of the molecule is CC1(Nc2cc(-c3ccc4cc(C#N)cnn34)ncc2-c2nnc(N3CCN(CC4CCN(c5ccc(C6CCC(=O)NC6=O)cc5)CC4)CC3)s2)COC1. The van der Waals surface area contributed by atoms with Crippen LogP contribution in [0.25, 0.3) is 27.5 Å². The number of hydrogen-bond donors (Lipinski definition) is 2. The highest BCUT2D eigenvalue weighted by molar-refractivity contribution is 7.18. The monoisotopic (exact) mass is 757 g/mol. The second-order valence-electron chi connectivity index (χ2n) is 15.4. The number of piperazine rings is 1. The van der Waals surface area contributed by atoms with Crippen molar-refractivity contribution in [3.05, 3.63) is 72.1 Å². The molecule has 14 nitrogen and oxygen atoms in total. The summed E-state index contributed by atoms with van der Waals surface area (Å²) in [6.07, 6.45) is 6.72. The van der Waals surface area contributed by atoms with Crippen LogP contribution in [0, 0.1) is 17.2 Å². The van der Waals surface area contributed by atoms with Crippen LogP contribution in [0.15, 0.2) is 60.9 Å². The lowest BCUT2D eigenvalue weighted by Gasteiger charge is -2.40. The standard InChI is InChI=1S/C40H43N11O3S/c1-40(24-54-25-40)45-33-19-34(35-8-6-30-18-27(20-41)21-43-51(30)35)42-22-32(33)38-46-47-39(55-38)50-16-14-48(15-17-50)23-26-10-12-49(13-11-26)29-4-2-28(3-5-29)31-7-9-36(52)44-37(31)53/h2-6,8,18-19,21-22,26,31H,7,9-17,23-25H2,1H3,(H,42,45)(H,44,52,53). The lowest BCUT2D eigenvalue weighted by molar-refractivity contribution is -0.134. The van der Waals surface area contributed by atoms with Gasteiger partial charge in [0.15, 0.2) is 5.01 Å². The molecule has 0 bridgehead atoms. The molecule has 4 aromatic heterocycles. The first kappa shape index (κ1) is 35.3. The number of imide groups is 1. The van der Waals surface area contributed by atoms with Gasteiger partial charge in [0.25, 0.3) is 0 Å². The number of nitrogens with one attached hydrogen (secondary N) is 2. The molecule has 4 aliphatic rings. The van der Waals surface area contributed by atoms with Crippen LogP contribution in [0.3, 0.4) is 0 Å². The van der Waals surface area contributed by atoms with E-state index < -0.39 is 0 Å². The van der Waals surface area contributed by atoms with E-state index in [1.54, 1.807) is 22.0 Å². The molecular formula is C40H43N11O3S. The van der Waals surface area contributed by atoms with E-state index in [0.717, 1.165) is 103 Å². The normalized spacial score (nSPS) is 20.6. The van der Waals surface area contributed by atoms with Crippen molar-refractivity contribution >= 4 is 45.2 Å². The van der Waals surface area contributed by atoms with E-state index in [1.165, 1.54) is 5.69 Å². The number of fused-ring (bicyclic) bond motifs is 1. The van der Waals surface area contributed by atoms with E-state index in [9.17, 15) is 14.9 Å². The number of hydrogen-bond acceptors (Lipinski definition) is 13. The lowest BCUT2D eigenvalue weighted by atomic mass is 9.90. The number of anilines is 3. The molecule has 0 saturated carbocycles. The lowest BCUT2D eigenvalue weighted by Crippen LogP contribution is -2.53. The van der Waals surface area contributed by atoms with Crippen molar-refractivity contribution in [1.29, 1.82) is 5.26 Å². The second kappa shape index (κ2) is 14.7. The molecule has 282 valence electrons. The number of nitriles is 1.